The van der Waals surface area contributed by atoms with Gasteiger partial charge in [-0.05, 0) is 37.3 Å². The Morgan fingerprint density at radius 1 is 1.15 bits per heavy atom. The zero-order chi connectivity index (χ0) is 27.6. The van der Waals surface area contributed by atoms with Crippen molar-refractivity contribution < 1.29 is 13.9 Å². The number of halogens is 1. The molecular formula is C27H21ClN8O3S. The first-order valence-corrected chi connectivity index (χ1v) is 13.2. The van der Waals surface area contributed by atoms with E-state index in [2.05, 4.69) is 36.1 Å². The van der Waals surface area contributed by atoms with Crippen LogP contribution < -0.4 is 20.7 Å². The number of anilines is 2. The van der Waals surface area contributed by atoms with Crippen molar-refractivity contribution in [1.29, 1.82) is 0 Å². The first-order chi connectivity index (χ1) is 19.5. The SMILES string of the molecule is COc1ccc2oc(NC3=NC(c4ccccc4Cl)C(C(=O)Nc4nnc(-c5cccnc5)s4)=C(C)N3)nc2c1. The van der Waals surface area contributed by atoms with E-state index in [1.54, 1.807) is 50.7 Å². The van der Waals surface area contributed by atoms with Gasteiger partial charge in [0.1, 0.15) is 17.3 Å². The van der Waals surface area contributed by atoms with Crippen LogP contribution >= 0.6 is 22.9 Å². The number of hydrogen-bond donors (Lipinski definition) is 3. The molecule has 200 valence electrons. The highest BCUT2D eigenvalue weighted by atomic mass is 35.5. The second-order valence-corrected chi connectivity index (χ2v) is 10.0. The molecule has 0 spiro atoms. The van der Waals surface area contributed by atoms with Crippen molar-refractivity contribution in [3.05, 3.63) is 88.8 Å². The highest BCUT2D eigenvalue weighted by molar-refractivity contribution is 7.18. The van der Waals surface area contributed by atoms with E-state index in [-0.39, 0.29) is 11.9 Å². The molecule has 0 saturated carbocycles. The van der Waals surface area contributed by atoms with Crippen LogP contribution in [-0.4, -0.2) is 39.1 Å². The van der Waals surface area contributed by atoms with Crippen molar-refractivity contribution in [2.24, 2.45) is 4.99 Å². The van der Waals surface area contributed by atoms with Crippen LogP contribution in [0.1, 0.15) is 18.5 Å². The Kier molecular flexibility index (Phi) is 6.84. The fourth-order valence-electron chi connectivity index (χ4n) is 4.19. The maximum Gasteiger partial charge on any atom is 0.302 e. The van der Waals surface area contributed by atoms with E-state index >= 15 is 0 Å². The number of nitrogens with one attached hydrogen (secondary N) is 3. The van der Waals surface area contributed by atoms with Crippen LogP contribution in [-0.2, 0) is 4.79 Å². The highest BCUT2D eigenvalue weighted by Gasteiger charge is 2.31. The second-order valence-electron chi connectivity index (χ2n) is 8.65. The van der Waals surface area contributed by atoms with Crippen molar-refractivity contribution in [3.63, 3.8) is 0 Å². The van der Waals surface area contributed by atoms with Gasteiger partial charge in [-0.15, -0.1) is 10.2 Å². The molecule has 13 heteroatoms. The summed E-state index contributed by atoms with van der Waals surface area (Å²) in [6.45, 7) is 1.78. The van der Waals surface area contributed by atoms with Gasteiger partial charge in [0.05, 0.1) is 12.7 Å². The van der Waals surface area contributed by atoms with Gasteiger partial charge in [0.25, 0.3) is 5.91 Å². The zero-order valence-corrected chi connectivity index (χ0v) is 22.7. The number of carbonyl (C=O) groups excluding carboxylic acids is 1. The summed E-state index contributed by atoms with van der Waals surface area (Å²) in [7, 11) is 1.59. The first kappa shape index (κ1) is 25.5. The van der Waals surface area contributed by atoms with Crippen molar-refractivity contribution >= 4 is 57.1 Å². The molecule has 0 fully saturated rings. The molecule has 0 aliphatic carbocycles. The Balaban J connectivity index is 1.29. The number of oxazole rings is 1. The summed E-state index contributed by atoms with van der Waals surface area (Å²) in [6.07, 6.45) is 3.37. The predicted octanol–water partition coefficient (Wildman–Crippen LogP) is 5.43. The van der Waals surface area contributed by atoms with Gasteiger partial charge < -0.3 is 14.5 Å². The van der Waals surface area contributed by atoms with Crippen molar-refractivity contribution in [1.82, 2.24) is 25.5 Å². The van der Waals surface area contributed by atoms with Crippen LogP contribution in [0.25, 0.3) is 21.7 Å². The van der Waals surface area contributed by atoms with Crippen LogP contribution in [0.4, 0.5) is 11.1 Å². The average Bonchev–Trinajstić information content (AvgIpc) is 3.59. The standard InChI is InChI=1S/C27H21ClN8O3S/c1-14-21(23(37)33-27-36-35-24(40-27)15-6-5-11-29-13-15)22(17-7-3-4-8-18(17)28)32-25(30-14)34-26-31-19-12-16(38-2)9-10-20(19)39-26/h3-13,22H,1-2H3,(H,33,36,37)(H2,30,31,32,34). The van der Waals surface area contributed by atoms with Gasteiger partial charge >= 0.3 is 6.01 Å². The van der Waals surface area contributed by atoms with E-state index in [1.165, 1.54) is 11.3 Å². The molecule has 5 aromatic rings. The molecule has 1 aliphatic rings. The zero-order valence-electron chi connectivity index (χ0n) is 21.2. The number of aromatic nitrogens is 4. The topological polar surface area (TPSA) is 139 Å². The number of fused-ring (bicyclic) bond motifs is 1. The molecule has 1 atom stereocenters. The molecule has 2 aromatic carbocycles. The molecule has 3 N–H and O–H groups in total. The summed E-state index contributed by atoms with van der Waals surface area (Å²) in [5.74, 6) is 0.615. The van der Waals surface area contributed by atoms with Gasteiger partial charge in [0.2, 0.25) is 11.1 Å². The number of ether oxygens (including phenoxy) is 1. The molecule has 1 aliphatic heterocycles. The van der Waals surface area contributed by atoms with Crippen molar-refractivity contribution in [2.45, 2.75) is 13.0 Å². The average molecular weight is 573 g/mol. The van der Waals surface area contributed by atoms with Gasteiger partial charge in [0.15, 0.2) is 10.6 Å². The molecule has 1 amide bonds. The highest BCUT2D eigenvalue weighted by Crippen LogP contribution is 2.36. The molecule has 0 radical (unpaired) electrons. The van der Waals surface area contributed by atoms with Gasteiger partial charge in [-0.25, -0.2) is 4.99 Å². The largest absolute Gasteiger partial charge is 0.497 e. The molecule has 0 bridgehead atoms. The number of hydrogen-bond acceptors (Lipinski definition) is 11. The molecule has 6 rings (SSSR count). The number of benzene rings is 2. The molecular weight excluding hydrogens is 552 g/mol. The molecule has 1 unspecified atom stereocenters. The number of carbonyl (C=O) groups is 1. The third-order valence-corrected chi connectivity index (χ3v) is 7.29. The van der Waals surface area contributed by atoms with Crippen LogP contribution in [0.3, 0.4) is 0 Å². The summed E-state index contributed by atoms with van der Waals surface area (Å²) >= 11 is 7.81. The summed E-state index contributed by atoms with van der Waals surface area (Å²) in [5.41, 5.74) is 3.61. The number of guanidine groups is 1. The van der Waals surface area contributed by atoms with Crippen molar-refractivity contribution in [3.8, 4) is 16.3 Å². The number of rotatable bonds is 6. The minimum atomic E-state index is -0.729. The normalized spacial score (nSPS) is 15.0. The second kappa shape index (κ2) is 10.8. The van der Waals surface area contributed by atoms with Crippen LogP contribution in [0.15, 0.2) is 87.7 Å². The lowest BCUT2D eigenvalue weighted by atomic mass is 9.95. The van der Waals surface area contributed by atoms with Gasteiger partial charge in [-0.3, -0.25) is 20.4 Å². The number of methoxy groups -OCH3 is 1. The van der Waals surface area contributed by atoms with Gasteiger partial charge in [0, 0.05) is 40.3 Å². The number of allylic oxidation sites excluding steroid dienone is 1. The van der Waals surface area contributed by atoms with E-state index < -0.39 is 6.04 Å². The third kappa shape index (κ3) is 5.09. The number of nitrogens with zero attached hydrogens (tertiary/aromatic N) is 5. The smallest absolute Gasteiger partial charge is 0.302 e. The van der Waals surface area contributed by atoms with Crippen molar-refractivity contribution in [2.75, 3.05) is 17.7 Å². The van der Waals surface area contributed by atoms with E-state index in [4.69, 9.17) is 25.7 Å². The fraction of sp³-hybridized carbons (Fsp3) is 0.111. The molecule has 40 heavy (non-hydrogen) atoms. The molecule has 0 saturated heterocycles. The minimum absolute atomic E-state index is 0.227. The Bertz CT molecular complexity index is 1780. The molecule has 4 heterocycles. The first-order valence-electron chi connectivity index (χ1n) is 12.1. The van der Waals surface area contributed by atoms with Crippen LogP contribution in [0.2, 0.25) is 5.02 Å². The van der Waals surface area contributed by atoms with E-state index in [1.807, 2.05) is 30.3 Å². The lowest BCUT2D eigenvalue weighted by Gasteiger charge is -2.26. The predicted molar refractivity (Wildman–Crippen MR) is 153 cm³/mol. The van der Waals surface area contributed by atoms with E-state index in [0.29, 0.717) is 54.8 Å². The monoisotopic (exact) mass is 572 g/mol. The van der Waals surface area contributed by atoms with Gasteiger partial charge in [-0.2, -0.15) is 4.98 Å². The number of amides is 1. The summed E-state index contributed by atoms with van der Waals surface area (Å²) in [5, 5.41) is 18.8. The maximum atomic E-state index is 13.6. The van der Waals surface area contributed by atoms with E-state index in [9.17, 15) is 4.79 Å². The third-order valence-electron chi connectivity index (χ3n) is 6.06. The fourth-order valence-corrected chi connectivity index (χ4v) is 5.16. The molecule has 3 aromatic heterocycles. The van der Waals surface area contributed by atoms with Gasteiger partial charge in [-0.1, -0.05) is 41.1 Å². The van der Waals surface area contributed by atoms with Crippen LogP contribution in [0.5, 0.6) is 5.75 Å². The quantitative estimate of drug-likeness (QED) is 0.243. The Labute approximate surface area is 237 Å². The summed E-state index contributed by atoms with van der Waals surface area (Å²) < 4.78 is 11.1. The number of aliphatic imine (C=N–C) groups is 1. The lowest BCUT2D eigenvalue weighted by Crippen LogP contribution is -2.37. The van der Waals surface area contributed by atoms with Crippen LogP contribution in [0, 0.1) is 0 Å². The molecule has 11 nitrogen and oxygen atoms in total. The summed E-state index contributed by atoms with van der Waals surface area (Å²) in [4.78, 5) is 27.0. The Hall–Kier alpha value is -4.81. The lowest BCUT2D eigenvalue weighted by molar-refractivity contribution is -0.113. The Morgan fingerprint density at radius 2 is 2.02 bits per heavy atom. The van der Waals surface area contributed by atoms with E-state index in [0.717, 1.165) is 5.56 Å². The Morgan fingerprint density at radius 3 is 2.83 bits per heavy atom. The maximum absolute atomic E-state index is 13.6. The number of pyridine rings is 1. The minimum Gasteiger partial charge on any atom is -0.497 e. The summed E-state index contributed by atoms with van der Waals surface area (Å²) in [6, 6.07) is 15.8.